The van der Waals surface area contributed by atoms with Crippen LogP contribution in [-0.2, 0) is 0 Å². The van der Waals surface area contributed by atoms with Crippen LogP contribution in [-0.4, -0.2) is 88.6 Å². The molecule has 9 nitrogen and oxygen atoms in total. The molecule has 0 aliphatic carbocycles. The number of aromatic hydroxyl groups is 1. The van der Waals surface area contributed by atoms with Crippen molar-refractivity contribution in [2.75, 3.05) is 50.1 Å². The topological polar surface area (TPSA) is 96.4 Å². The number of benzene rings is 2. The molecule has 4 heterocycles. The molecule has 2 atom stereocenters. The maximum atomic E-state index is 16.7. The van der Waals surface area contributed by atoms with E-state index in [9.17, 15) is 5.11 Å². The maximum absolute atomic E-state index is 16.7. The lowest BCUT2D eigenvalue weighted by Crippen LogP contribution is -2.58. The Morgan fingerprint density at radius 1 is 1.11 bits per heavy atom. The first-order valence-electron chi connectivity index (χ1n) is 12.9. The highest BCUT2D eigenvalue weighted by Gasteiger charge is 2.34. The molecule has 2 aliphatic rings. The van der Waals surface area contributed by atoms with Gasteiger partial charge in [0.2, 0.25) is 11.8 Å². The van der Waals surface area contributed by atoms with Gasteiger partial charge in [-0.1, -0.05) is 17.7 Å². The van der Waals surface area contributed by atoms with Crippen molar-refractivity contribution in [2.24, 2.45) is 0 Å². The SMILES string of the molecule is Cc1ccc2c(O)n[nH]c2c1-c1c(Cl)cc2c(N3C[C@@H](C)NC[C@@H]3C)nc(N3CC(N(C)C)C3)nc2c1F. The lowest BCUT2D eigenvalue weighted by Gasteiger charge is -2.43. The van der Waals surface area contributed by atoms with Crippen LogP contribution in [0.25, 0.3) is 32.9 Å². The van der Waals surface area contributed by atoms with Gasteiger partial charge in [0, 0.05) is 60.8 Å². The Labute approximate surface area is 225 Å². The third-order valence-corrected chi connectivity index (χ3v) is 8.24. The van der Waals surface area contributed by atoms with Gasteiger partial charge in [-0.3, -0.25) is 5.10 Å². The van der Waals surface area contributed by atoms with E-state index in [0.717, 1.165) is 31.7 Å². The van der Waals surface area contributed by atoms with Crippen molar-refractivity contribution in [1.82, 2.24) is 30.4 Å². The normalized spacial score (nSPS) is 20.6. The number of aryl methyl sites for hydroxylation is 1. The number of halogens is 2. The number of anilines is 2. The fourth-order valence-corrected chi connectivity index (χ4v) is 5.81. The van der Waals surface area contributed by atoms with E-state index in [0.29, 0.717) is 39.7 Å². The minimum absolute atomic E-state index is 0.138. The van der Waals surface area contributed by atoms with Crippen molar-refractivity contribution in [1.29, 1.82) is 0 Å². The van der Waals surface area contributed by atoms with E-state index in [1.54, 1.807) is 12.1 Å². The van der Waals surface area contributed by atoms with Crippen molar-refractivity contribution in [3.63, 3.8) is 0 Å². The Morgan fingerprint density at radius 3 is 2.61 bits per heavy atom. The van der Waals surface area contributed by atoms with E-state index in [2.05, 4.69) is 58.2 Å². The minimum Gasteiger partial charge on any atom is -0.492 e. The quantitative estimate of drug-likeness (QED) is 0.360. The van der Waals surface area contributed by atoms with Crippen molar-refractivity contribution >= 4 is 45.2 Å². The fraction of sp³-hybridized carbons (Fsp3) is 0.444. The summed E-state index contributed by atoms with van der Waals surface area (Å²) >= 11 is 6.85. The number of nitrogens with zero attached hydrogens (tertiary/aromatic N) is 6. The van der Waals surface area contributed by atoms with Crippen molar-refractivity contribution < 1.29 is 9.50 Å². The van der Waals surface area contributed by atoms with Crippen molar-refractivity contribution in [3.05, 3.63) is 34.6 Å². The molecule has 0 saturated carbocycles. The lowest BCUT2D eigenvalue weighted by atomic mass is 9.96. The van der Waals surface area contributed by atoms with Gasteiger partial charge in [0.05, 0.1) is 15.9 Å². The molecule has 38 heavy (non-hydrogen) atoms. The molecule has 6 rings (SSSR count). The molecule has 3 N–H and O–H groups in total. The Morgan fingerprint density at radius 2 is 1.87 bits per heavy atom. The number of piperazine rings is 1. The summed E-state index contributed by atoms with van der Waals surface area (Å²) < 4.78 is 16.7. The number of H-pyrrole nitrogens is 1. The standard InChI is InChI=1S/C27H32ClFN8O/c1-13-6-7-17-23(33-34-26(17)38)20(13)21-19(28)8-18-24(22(21)29)31-27(36-11-16(12-36)35(4)5)32-25(18)37-10-14(2)30-9-15(37)3/h6-8,14-16,30H,9-12H2,1-5H3,(H2,33,34,38)/t14-,15+/m1/s1. The van der Waals surface area contributed by atoms with Gasteiger partial charge in [-0.2, -0.15) is 4.98 Å². The van der Waals surface area contributed by atoms with E-state index >= 15 is 4.39 Å². The largest absolute Gasteiger partial charge is 0.492 e. The van der Waals surface area contributed by atoms with Crippen LogP contribution in [0.5, 0.6) is 5.88 Å². The van der Waals surface area contributed by atoms with Crippen LogP contribution < -0.4 is 15.1 Å². The van der Waals surface area contributed by atoms with E-state index in [4.69, 9.17) is 21.6 Å². The van der Waals surface area contributed by atoms with Crippen molar-refractivity contribution in [2.45, 2.75) is 38.9 Å². The Bertz CT molecular complexity index is 1550. The average Bonchev–Trinajstić information content (AvgIpc) is 3.21. The van der Waals surface area contributed by atoms with Gasteiger partial charge in [0.25, 0.3) is 0 Å². The zero-order valence-corrected chi connectivity index (χ0v) is 22.9. The van der Waals surface area contributed by atoms with Crippen LogP contribution in [0, 0.1) is 12.7 Å². The van der Waals surface area contributed by atoms with E-state index in [-0.39, 0.29) is 34.1 Å². The highest BCUT2D eigenvalue weighted by Crippen LogP contribution is 2.43. The number of hydrogen-bond donors (Lipinski definition) is 3. The van der Waals surface area contributed by atoms with Crippen LogP contribution in [0.4, 0.5) is 16.2 Å². The van der Waals surface area contributed by atoms with E-state index in [1.807, 2.05) is 13.0 Å². The van der Waals surface area contributed by atoms with Crippen LogP contribution in [0.2, 0.25) is 5.02 Å². The molecule has 0 bridgehead atoms. The third-order valence-electron chi connectivity index (χ3n) is 7.94. The van der Waals surface area contributed by atoms with E-state index in [1.165, 1.54) is 0 Å². The molecule has 2 aromatic carbocycles. The molecule has 0 amide bonds. The summed E-state index contributed by atoms with van der Waals surface area (Å²) in [6.45, 7) is 9.25. The second-order valence-electron chi connectivity index (χ2n) is 10.9. The number of aromatic nitrogens is 4. The van der Waals surface area contributed by atoms with Gasteiger partial charge < -0.3 is 25.1 Å². The number of fused-ring (bicyclic) bond motifs is 2. The number of aromatic amines is 1. The lowest BCUT2D eigenvalue weighted by molar-refractivity contribution is 0.245. The summed E-state index contributed by atoms with van der Waals surface area (Å²) in [5, 5.41) is 21.8. The summed E-state index contributed by atoms with van der Waals surface area (Å²) in [6, 6.07) is 6.18. The Kier molecular flexibility index (Phi) is 6.08. The summed E-state index contributed by atoms with van der Waals surface area (Å²) in [4.78, 5) is 16.3. The van der Waals surface area contributed by atoms with Crippen LogP contribution >= 0.6 is 11.6 Å². The van der Waals surface area contributed by atoms with Gasteiger partial charge >= 0.3 is 0 Å². The molecule has 200 valence electrons. The number of hydrogen-bond acceptors (Lipinski definition) is 8. The summed E-state index contributed by atoms with van der Waals surface area (Å²) in [5.74, 6) is 0.564. The number of nitrogens with one attached hydrogen (secondary N) is 2. The molecule has 2 saturated heterocycles. The predicted octanol–water partition coefficient (Wildman–Crippen LogP) is 3.92. The van der Waals surface area contributed by atoms with Crippen LogP contribution in [0.1, 0.15) is 19.4 Å². The molecule has 0 spiro atoms. The number of rotatable bonds is 4. The highest BCUT2D eigenvalue weighted by atomic mass is 35.5. The molecule has 11 heteroatoms. The highest BCUT2D eigenvalue weighted by molar-refractivity contribution is 6.35. The molecular weight excluding hydrogens is 507 g/mol. The van der Waals surface area contributed by atoms with Gasteiger partial charge in [-0.25, -0.2) is 9.37 Å². The minimum atomic E-state index is -0.511. The van der Waals surface area contributed by atoms with Crippen LogP contribution in [0.3, 0.4) is 0 Å². The molecule has 2 fully saturated rings. The molecule has 0 radical (unpaired) electrons. The molecule has 2 aliphatic heterocycles. The second-order valence-corrected chi connectivity index (χ2v) is 11.3. The average molecular weight is 539 g/mol. The first-order chi connectivity index (χ1) is 18.1. The summed E-state index contributed by atoms with van der Waals surface area (Å²) in [6.07, 6.45) is 0. The van der Waals surface area contributed by atoms with E-state index < -0.39 is 5.82 Å². The Hall–Kier alpha value is -3.21. The Balaban J connectivity index is 1.59. The first kappa shape index (κ1) is 25.1. The fourth-order valence-electron chi connectivity index (χ4n) is 5.52. The van der Waals surface area contributed by atoms with Crippen LogP contribution in [0.15, 0.2) is 18.2 Å². The summed E-state index contributed by atoms with van der Waals surface area (Å²) in [5.41, 5.74) is 2.35. The van der Waals surface area contributed by atoms with Gasteiger partial charge in [-0.15, -0.1) is 5.10 Å². The van der Waals surface area contributed by atoms with Gasteiger partial charge in [-0.05, 0) is 52.6 Å². The first-order valence-corrected chi connectivity index (χ1v) is 13.3. The van der Waals surface area contributed by atoms with Gasteiger partial charge in [0.15, 0.2) is 5.82 Å². The molecule has 0 unspecified atom stereocenters. The predicted molar refractivity (Wildman–Crippen MR) is 150 cm³/mol. The van der Waals surface area contributed by atoms with Gasteiger partial charge in [0.1, 0.15) is 11.3 Å². The summed E-state index contributed by atoms with van der Waals surface area (Å²) in [7, 11) is 4.12. The zero-order valence-electron chi connectivity index (χ0n) is 22.2. The number of likely N-dealkylation sites (N-methyl/N-ethyl adjacent to an activating group) is 1. The smallest absolute Gasteiger partial charge is 0.238 e. The molecule has 4 aromatic rings. The zero-order chi connectivity index (χ0) is 26.9. The third kappa shape index (κ3) is 3.93. The maximum Gasteiger partial charge on any atom is 0.238 e. The molecular formula is C27H32ClFN8O. The monoisotopic (exact) mass is 538 g/mol. The van der Waals surface area contributed by atoms with Crippen molar-refractivity contribution in [3.8, 4) is 17.0 Å². The second kappa shape index (κ2) is 9.21. The molecule has 2 aromatic heterocycles.